The molecule has 7 nitrogen and oxygen atoms in total. The lowest BCUT2D eigenvalue weighted by Crippen LogP contribution is -2.47. The van der Waals surface area contributed by atoms with Gasteiger partial charge in [0.05, 0.1) is 5.69 Å². The van der Waals surface area contributed by atoms with Gasteiger partial charge >= 0.3 is 12.1 Å². The molecule has 0 bridgehead atoms. The minimum Gasteiger partial charge on any atom is -0.475 e. The molecule has 2 amide bonds. The first-order valence-electron chi connectivity index (χ1n) is 6.46. The van der Waals surface area contributed by atoms with Gasteiger partial charge in [0.1, 0.15) is 11.9 Å². The van der Waals surface area contributed by atoms with E-state index in [1.165, 1.54) is 18.2 Å². The fourth-order valence-corrected chi connectivity index (χ4v) is 1.67. The molecule has 1 aliphatic rings. The summed E-state index contributed by atoms with van der Waals surface area (Å²) in [5.74, 6) is -3.90. The van der Waals surface area contributed by atoms with Crippen molar-refractivity contribution in [2.45, 2.75) is 25.1 Å². The highest BCUT2D eigenvalue weighted by atomic mass is 19.4. The van der Waals surface area contributed by atoms with Crippen molar-refractivity contribution in [3.63, 3.8) is 0 Å². The van der Waals surface area contributed by atoms with Crippen LogP contribution in [0.4, 0.5) is 28.9 Å². The number of carboxylic acids is 1. The monoisotopic (exact) mass is 351 g/mol. The van der Waals surface area contributed by atoms with Crippen LogP contribution >= 0.6 is 0 Å². The zero-order valence-electron chi connectivity index (χ0n) is 12.0. The van der Waals surface area contributed by atoms with Gasteiger partial charge in [-0.2, -0.15) is 13.2 Å². The number of anilines is 2. The Labute approximate surface area is 132 Å². The quantitative estimate of drug-likeness (QED) is 0.362. The first-order valence-corrected chi connectivity index (χ1v) is 6.46. The highest BCUT2D eigenvalue weighted by Crippen LogP contribution is 2.19. The van der Waals surface area contributed by atoms with E-state index in [0.717, 1.165) is 0 Å². The lowest BCUT2D eigenvalue weighted by atomic mass is 10.1. The Kier molecular flexibility index (Phi) is 6.09. The normalized spacial score (nSPS) is 17.4. The van der Waals surface area contributed by atoms with Gasteiger partial charge in [0.2, 0.25) is 11.8 Å². The molecule has 0 aromatic heterocycles. The molecule has 1 fully saturated rings. The number of nitrogen functional groups attached to an aromatic ring is 1. The standard InChI is InChI=1S/C11H12FN3O2.C2HF3O2/c12-7-2-1-6(5-8(7)13)14-9-3-4-10(16)15-11(9)17;3-2(4,5)1(6)7/h1-2,5,9,14H,3-4,13H2,(H,15,16,17);(H,6,7). The Bertz CT molecular complexity index is 649. The van der Waals surface area contributed by atoms with E-state index in [9.17, 15) is 27.2 Å². The predicted octanol–water partition coefficient (Wildman–Crippen LogP) is 1.26. The number of aliphatic carboxylic acids is 1. The van der Waals surface area contributed by atoms with Gasteiger partial charge in [-0.3, -0.25) is 14.9 Å². The minimum atomic E-state index is -5.08. The number of rotatable bonds is 2. The molecular weight excluding hydrogens is 338 g/mol. The number of hydrogen-bond acceptors (Lipinski definition) is 5. The van der Waals surface area contributed by atoms with Crippen LogP contribution in [0.3, 0.4) is 0 Å². The molecule has 1 aliphatic heterocycles. The number of alkyl halides is 3. The molecule has 1 aromatic rings. The molecule has 2 rings (SSSR count). The summed E-state index contributed by atoms with van der Waals surface area (Å²) in [6.45, 7) is 0. The molecule has 0 aliphatic carbocycles. The molecule has 5 N–H and O–H groups in total. The third kappa shape index (κ3) is 5.74. The summed E-state index contributed by atoms with van der Waals surface area (Å²) < 4.78 is 44.7. The molecule has 1 unspecified atom stereocenters. The number of benzene rings is 1. The Balaban J connectivity index is 0.000000351. The first-order chi connectivity index (χ1) is 11.0. The predicted molar refractivity (Wildman–Crippen MR) is 74.3 cm³/mol. The Hall–Kier alpha value is -2.85. The number of carbonyl (C=O) groups excluding carboxylic acids is 2. The second-order valence-electron chi connectivity index (χ2n) is 4.69. The zero-order chi connectivity index (χ0) is 18.5. The summed E-state index contributed by atoms with van der Waals surface area (Å²) in [6.07, 6.45) is -4.37. The fraction of sp³-hybridized carbons (Fsp3) is 0.308. The van der Waals surface area contributed by atoms with Crippen molar-refractivity contribution < 1.29 is 37.1 Å². The first kappa shape index (κ1) is 19.2. The molecular formula is C13H13F4N3O4. The van der Waals surface area contributed by atoms with Crippen molar-refractivity contribution in [3.8, 4) is 0 Å². The Morgan fingerprint density at radius 3 is 2.38 bits per heavy atom. The molecule has 11 heteroatoms. The second kappa shape index (κ2) is 7.62. The van der Waals surface area contributed by atoms with Gasteiger partial charge in [-0.05, 0) is 24.6 Å². The number of carbonyl (C=O) groups is 3. The molecule has 1 atom stereocenters. The van der Waals surface area contributed by atoms with Crippen LogP contribution in [-0.4, -0.2) is 35.1 Å². The summed E-state index contributed by atoms with van der Waals surface area (Å²) >= 11 is 0. The molecule has 0 saturated carbocycles. The van der Waals surface area contributed by atoms with Gasteiger partial charge in [0.15, 0.2) is 0 Å². The number of carboxylic acid groups (broad SMARTS) is 1. The second-order valence-corrected chi connectivity index (χ2v) is 4.69. The van der Waals surface area contributed by atoms with Crippen molar-refractivity contribution in [3.05, 3.63) is 24.0 Å². The summed E-state index contributed by atoms with van der Waals surface area (Å²) in [6, 6.07) is 3.65. The van der Waals surface area contributed by atoms with Gasteiger partial charge in [-0.1, -0.05) is 0 Å². The van der Waals surface area contributed by atoms with Crippen molar-refractivity contribution in [1.82, 2.24) is 5.32 Å². The SMILES string of the molecule is Nc1cc(NC2CCC(=O)NC2=O)ccc1F.O=C(O)C(F)(F)F. The molecule has 0 radical (unpaired) electrons. The van der Waals surface area contributed by atoms with Crippen LogP contribution in [0.5, 0.6) is 0 Å². The lowest BCUT2D eigenvalue weighted by molar-refractivity contribution is -0.192. The number of nitrogens with two attached hydrogens (primary N) is 1. The van der Waals surface area contributed by atoms with E-state index >= 15 is 0 Å². The number of imide groups is 1. The average molecular weight is 351 g/mol. The zero-order valence-corrected chi connectivity index (χ0v) is 12.0. The molecule has 24 heavy (non-hydrogen) atoms. The van der Waals surface area contributed by atoms with E-state index in [0.29, 0.717) is 18.5 Å². The van der Waals surface area contributed by atoms with Crippen LogP contribution in [0.1, 0.15) is 12.8 Å². The van der Waals surface area contributed by atoms with Gasteiger partial charge in [0, 0.05) is 12.1 Å². The van der Waals surface area contributed by atoms with E-state index in [-0.39, 0.29) is 17.5 Å². The van der Waals surface area contributed by atoms with Gasteiger partial charge < -0.3 is 16.2 Å². The van der Waals surface area contributed by atoms with Crippen LogP contribution in [0.25, 0.3) is 0 Å². The Morgan fingerprint density at radius 1 is 1.33 bits per heavy atom. The van der Waals surface area contributed by atoms with E-state index in [1.54, 1.807) is 0 Å². The molecule has 1 saturated heterocycles. The summed E-state index contributed by atoms with van der Waals surface area (Å²) in [5, 5.41) is 12.3. The molecule has 1 aromatic carbocycles. The maximum atomic E-state index is 12.9. The summed E-state index contributed by atoms with van der Waals surface area (Å²) in [7, 11) is 0. The van der Waals surface area contributed by atoms with Crippen LogP contribution in [0.15, 0.2) is 18.2 Å². The van der Waals surface area contributed by atoms with Crippen LogP contribution in [0, 0.1) is 5.82 Å². The van der Waals surface area contributed by atoms with Crippen LogP contribution in [0.2, 0.25) is 0 Å². The maximum Gasteiger partial charge on any atom is 0.490 e. The van der Waals surface area contributed by atoms with Crippen LogP contribution < -0.4 is 16.4 Å². The smallest absolute Gasteiger partial charge is 0.475 e. The minimum absolute atomic E-state index is 0.0160. The third-order valence-electron chi connectivity index (χ3n) is 2.82. The number of amides is 2. The number of hydrogen-bond donors (Lipinski definition) is 4. The number of halogens is 4. The highest BCUT2D eigenvalue weighted by Gasteiger charge is 2.38. The summed E-state index contributed by atoms with van der Waals surface area (Å²) in [5.41, 5.74) is 5.98. The topological polar surface area (TPSA) is 122 Å². The van der Waals surface area contributed by atoms with Crippen LogP contribution in [-0.2, 0) is 14.4 Å². The summed E-state index contributed by atoms with van der Waals surface area (Å²) in [4.78, 5) is 31.3. The van der Waals surface area contributed by atoms with E-state index in [2.05, 4.69) is 10.6 Å². The van der Waals surface area contributed by atoms with E-state index < -0.39 is 24.0 Å². The Morgan fingerprint density at radius 2 is 1.92 bits per heavy atom. The van der Waals surface area contributed by atoms with Crippen molar-refractivity contribution in [1.29, 1.82) is 0 Å². The van der Waals surface area contributed by atoms with Crippen molar-refractivity contribution >= 4 is 29.2 Å². The largest absolute Gasteiger partial charge is 0.490 e. The average Bonchev–Trinajstić information content (AvgIpc) is 2.45. The molecule has 0 spiro atoms. The van der Waals surface area contributed by atoms with Gasteiger partial charge in [-0.15, -0.1) is 0 Å². The number of nitrogens with one attached hydrogen (secondary N) is 2. The molecule has 132 valence electrons. The van der Waals surface area contributed by atoms with E-state index in [1.807, 2.05) is 0 Å². The molecule has 1 heterocycles. The third-order valence-corrected chi connectivity index (χ3v) is 2.82. The van der Waals surface area contributed by atoms with Crippen molar-refractivity contribution in [2.24, 2.45) is 0 Å². The fourth-order valence-electron chi connectivity index (χ4n) is 1.67. The van der Waals surface area contributed by atoms with E-state index in [4.69, 9.17) is 15.6 Å². The maximum absolute atomic E-state index is 12.9. The lowest BCUT2D eigenvalue weighted by Gasteiger charge is -2.22. The highest BCUT2D eigenvalue weighted by molar-refractivity contribution is 6.01. The van der Waals surface area contributed by atoms with Gasteiger partial charge in [0.25, 0.3) is 0 Å². The van der Waals surface area contributed by atoms with Crippen molar-refractivity contribution in [2.75, 3.05) is 11.1 Å². The number of piperidine rings is 1. The van der Waals surface area contributed by atoms with Gasteiger partial charge in [-0.25, -0.2) is 9.18 Å².